The summed E-state index contributed by atoms with van der Waals surface area (Å²) in [5, 5.41) is 0. The average molecular weight is 263 g/mol. The van der Waals surface area contributed by atoms with Gasteiger partial charge in [-0.3, -0.25) is 4.98 Å². The Balaban J connectivity index is 1.70. The molecule has 2 aromatic heterocycles. The molecule has 0 aliphatic heterocycles. The van der Waals surface area contributed by atoms with Crippen LogP contribution in [-0.4, -0.2) is 20.9 Å². The number of hydrogen-bond acceptors (Lipinski definition) is 2. The molecule has 0 amide bonds. The molecule has 0 saturated heterocycles. The first kappa shape index (κ1) is 12.3. The predicted octanol–water partition coefficient (Wildman–Crippen LogP) is 3.30. The smallest absolute Gasteiger partial charge is 0.248 e. The van der Waals surface area contributed by atoms with Crippen molar-refractivity contribution in [3.63, 3.8) is 0 Å². The molecule has 0 spiro atoms. The van der Waals surface area contributed by atoms with Gasteiger partial charge in [-0.25, -0.2) is 13.8 Å². The first-order chi connectivity index (χ1) is 9.12. The standard InChI is InChI=1S/C14H15F2N3/c15-14(16)4-1-11(8-14)13-18-9-12(19-13)7-10-2-5-17-6-3-10/h2-3,5-6,9,11H,1,4,7-8H2,(H,18,19). The summed E-state index contributed by atoms with van der Waals surface area (Å²) in [5.74, 6) is -1.97. The van der Waals surface area contributed by atoms with E-state index in [-0.39, 0.29) is 18.8 Å². The highest BCUT2D eigenvalue weighted by molar-refractivity contribution is 5.19. The topological polar surface area (TPSA) is 41.6 Å². The van der Waals surface area contributed by atoms with Crippen LogP contribution in [0.3, 0.4) is 0 Å². The van der Waals surface area contributed by atoms with Crippen molar-refractivity contribution in [3.8, 4) is 0 Å². The van der Waals surface area contributed by atoms with Crippen LogP contribution in [0.25, 0.3) is 0 Å². The van der Waals surface area contributed by atoms with Crippen molar-refractivity contribution in [2.75, 3.05) is 0 Å². The van der Waals surface area contributed by atoms with Gasteiger partial charge in [0.1, 0.15) is 5.82 Å². The second-order valence-electron chi connectivity index (χ2n) is 5.10. The normalized spacial score (nSPS) is 21.7. The summed E-state index contributed by atoms with van der Waals surface area (Å²) in [6.45, 7) is 0. The average Bonchev–Trinajstić information content (AvgIpc) is 2.97. The third-order valence-electron chi connectivity index (χ3n) is 3.58. The fraction of sp³-hybridized carbons (Fsp3) is 0.429. The van der Waals surface area contributed by atoms with Crippen LogP contribution < -0.4 is 0 Å². The summed E-state index contributed by atoms with van der Waals surface area (Å²) < 4.78 is 26.4. The second-order valence-corrected chi connectivity index (χ2v) is 5.10. The van der Waals surface area contributed by atoms with Crippen molar-refractivity contribution in [1.82, 2.24) is 15.0 Å². The molecule has 3 rings (SSSR count). The molecule has 0 radical (unpaired) electrons. The van der Waals surface area contributed by atoms with Crippen LogP contribution in [0.5, 0.6) is 0 Å². The molecule has 1 unspecified atom stereocenters. The molecular formula is C14H15F2N3. The molecule has 1 aliphatic rings. The highest BCUT2D eigenvalue weighted by Crippen LogP contribution is 2.43. The summed E-state index contributed by atoms with van der Waals surface area (Å²) in [6, 6.07) is 3.86. The third-order valence-corrected chi connectivity index (χ3v) is 3.58. The molecule has 5 heteroatoms. The minimum absolute atomic E-state index is 0.0297. The van der Waals surface area contributed by atoms with Crippen LogP contribution in [0.2, 0.25) is 0 Å². The Hall–Kier alpha value is -1.78. The zero-order chi connectivity index (χ0) is 13.3. The lowest BCUT2D eigenvalue weighted by Gasteiger charge is -2.07. The van der Waals surface area contributed by atoms with Crippen molar-refractivity contribution in [2.45, 2.75) is 37.5 Å². The van der Waals surface area contributed by atoms with Gasteiger partial charge in [0, 0.05) is 43.8 Å². The van der Waals surface area contributed by atoms with Gasteiger partial charge in [-0.1, -0.05) is 0 Å². The van der Waals surface area contributed by atoms with Crippen molar-refractivity contribution >= 4 is 0 Å². The number of H-pyrrole nitrogens is 1. The van der Waals surface area contributed by atoms with Gasteiger partial charge in [-0.05, 0) is 24.1 Å². The Bertz CT molecular complexity index is 551. The van der Waals surface area contributed by atoms with E-state index in [0.717, 1.165) is 11.3 Å². The van der Waals surface area contributed by atoms with Crippen LogP contribution in [-0.2, 0) is 6.42 Å². The maximum absolute atomic E-state index is 13.2. The predicted molar refractivity (Wildman–Crippen MR) is 67.2 cm³/mol. The molecule has 1 N–H and O–H groups in total. The van der Waals surface area contributed by atoms with E-state index in [0.29, 0.717) is 18.7 Å². The molecule has 0 aromatic carbocycles. The monoisotopic (exact) mass is 263 g/mol. The summed E-state index contributed by atoms with van der Waals surface area (Å²) in [4.78, 5) is 11.4. The number of aromatic amines is 1. The Morgan fingerprint density at radius 3 is 2.79 bits per heavy atom. The van der Waals surface area contributed by atoms with Gasteiger partial charge in [0.25, 0.3) is 0 Å². The SMILES string of the molecule is FC1(F)CCC(c2nc(Cc3ccncc3)c[nH]2)C1. The molecule has 3 nitrogen and oxygen atoms in total. The number of imidazole rings is 1. The lowest BCUT2D eigenvalue weighted by Crippen LogP contribution is -2.09. The Kier molecular flexibility index (Phi) is 3.05. The fourth-order valence-corrected chi connectivity index (χ4v) is 2.57. The number of rotatable bonds is 3. The van der Waals surface area contributed by atoms with E-state index in [2.05, 4.69) is 15.0 Å². The zero-order valence-electron chi connectivity index (χ0n) is 10.4. The van der Waals surface area contributed by atoms with E-state index in [9.17, 15) is 8.78 Å². The van der Waals surface area contributed by atoms with E-state index < -0.39 is 5.92 Å². The lowest BCUT2D eigenvalue weighted by atomic mass is 10.1. The Labute approximate surface area is 110 Å². The van der Waals surface area contributed by atoms with Crippen molar-refractivity contribution in [3.05, 3.63) is 47.8 Å². The summed E-state index contributed by atoms with van der Waals surface area (Å²) in [6.07, 6.45) is 6.37. The summed E-state index contributed by atoms with van der Waals surface area (Å²) >= 11 is 0. The number of halogens is 2. The highest BCUT2D eigenvalue weighted by Gasteiger charge is 2.41. The Morgan fingerprint density at radius 2 is 2.11 bits per heavy atom. The molecular weight excluding hydrogens is 248 g/mol. The first-order valence-corrected chi connectivity index (χ1v) is 6.43. The number of alkyl halides is 2. The Morgan fingerprint density at radius 1 is 1.32 bits per heavy atom. The molecule has 100 valence electrons. The van der Waals surface area contributed by atoms with Gasteiger partial charge < -0.3 is 4.98 Å². The van der Waals surface area contributed by atoms with Gasteiger partial charge in [0.05, 0.1) is 5.69 Å². The molecule has 2 heterocycles. The summed E-state index contributed by atoms with van der Waals surface area (Å²) in [5.41, 5.74) is 2.00. The summed E-state index contributed by atoms with van der Waals surface area (Å²) in [7, 11) is 0. The first-order valence-electron chi connectivity index (χ1n) is 6.43. The maximum Gasteiger partial charge on any atom is 0.248 e. The molecule has 0 bridgehead atoms. The quantitative estimate of drug-likeness (QED) is 0.923. The van der Waals surface area contributed by atoms with Crippen LogP contribution in [0.1, 0.15) is 42.3 Å². The molecule has 2 aromatic rings. The molecule has 19 heavy (non-hydrogen) atoms. The minimum Gasteiger partial charge on any atom is -0.348 e. The van der Waals surface area contributed by atoms with E-state index in [4.69, 9.17) is 0 Å². The van der Waals surface area contributed by atoms with Gasteiger partial charge in [0.2, 0.25) is 5.92 Å². The van der Waals surface area contributed by atoms with E-state index in [1.54, 1.807) is 12.4 Å². The number of nitrogens with zero attached hydrogens (tertiary/aromatic N) is 2. The van der Waals surface area contributed by atoms with Gasteiger partial charge in [-0.2, -0.15) is 0 Å². The fourth-order valence-electron chi connectivity index (χ4n) is 2.57. The van der Waals surface area contributed by atoms with Crippen LogP contribution >= 0.6 is 0 Å². The highest BCUT2D eigenvalue weighted by atomic mass is 19.3. The third kappa shape index (κ3) is 2.80. The molecule has 1 atom stereocenters. The van der Waals surface area contributed by atoms with E-state index in [1.807, 2.05) is 18.3 Å². The number of pyridine rings is 1. The molecule has 1 aliphatic carbocycles. The van der Waals surface area contributed by atoms with Crippen LogP contribution in [0.15, 0.2) is 30.7 Å². The van der Waals surface area contributed by atoms with Crippen molar-refractivity contribution in [1.29, 1.82) is 0 Å². The lowest BCUT2D eigenvalue weighted by molar-refractivity contribution is 0.00755. The molecule has 1 fully saturated rings. The maximum atomic E-state index is 13.2. The molecule has 1 saturated carbocycles. The number of aromatic nitrogens is 3. The van der Waals surface area contributed by atoms with E-state index in [1.165, 1.54) is 0 Å². The number of nitrogens with one attached hydrogen (secondary N) is 1. The van der Waals surface area contributed by atoms with Crippen molar-refractivity contribution in [2.24, 2.45) is 0 Å². The van der Waals surface area contributed by atoms with Crippen LogP contribution in [0, 0.1) is 0 Å². The van der Waals surface area contributed by atoms with E-state index >= 15 is 0 Å². The van der Waals surface area contributed by atoms with Gasteiger partial charge in [0.15, 0.2) is 0 Å². The van der Waals surface area contributed by atoms with Crippen LogP contribution in [0.4, 0.5) is 8.78 Å². The largest absolute Gasteiger partial charge is 0.348 e. The van der Waals surface area contributed by atoms with Gasteiger partial charge >= 0.3 is 0 Å². The minimum atomic E-state index is -2.53. The van der Waals surface area contributed by atoms with Gasteiger partial charge in [-0.15, -0.1) is 0 Å². The van der Waals surface area contributed by atoms with Crippen molar-refractivity contribution < 1.29 is 8.78 Å². The number of hydrogen-bond donors (Lipinski definition) is 1. The zero-order valence-corrected chi connectivity index (χ0v) is 10.4. The second kappa shape index (κ2) is 4.72.